The maximum Gasteiger partial charge on any atom is 0.216 e. The Balaban J connectivity index is 1.91. The topological polar surface area (TPSA) is 71.1 Å². The highest BCUT2D eigenvalue weighted by atomic mass is 32.2. The van der Waals surface area contributed by atoms with E-state index in [0.29, 0.717) is 12.6 Å². The summed E-state index contributed by atoms with van der Waals surface area (Å²) in [5, 5.41) is 2.80. The van der Waals surface area contributed by atoms with Crippen LogP contribution in [0.15, 0.2) is 24.4 Å². The Hall–Kier alpha value is -0.980. The third kappa shape index (κ3) is 4.26. The first-order valence-corrected chi connectivity index (χ1v) is 8.19. The van der Waals surface area contributed by atoms with Crippen molar-refractivity contribution in [2.45, 2.75) is 44.0 Å². The normalized spacial score (nSPS) is 19.1. The van der Waals surface area contributed by atoms with Crippen molar-refractivity contribution in [3.8, 4) is 0 Å². The molecule has 106 valence electrons. The molecule has 0 saturated heterocycles. The third-order valence-electron chi connectivity index (χ3n) is 3.27. The average Bonchev–Trinajstić information content (AvgIpc) is 3.20. The van der Waals surface area contributed by atoms with Crippen LogP contribution in [-0.2, 0) is 10.0 Å². The van der Waals surface area contributed by atoms with Gasteiger partial charge in [0, 0.05) is 18.8 Å². The highest BCUT2D eigenvalue weighted by Gasteiger charge is 2.27. The van der Waals surface area contributed by atoms with E-state index >= 15 is 0 Å². The Morgan fingerprint density at radius 3 is 2.68 bits per heavy atom. The van der Waals surface area contributed by atoms with Crippen LogP contribution in [0.3, 0.4) is 0 Å². The maximum absolute atomic E-state index is 12.2. The van der Waals surface area contributed by atoms with E-state index < -0.39 is 15.3 Å². The Morgan fingerprint density at radius 1 is 1.37 bits per heavy atom. The number of hydrogen-bond acceptors (Lipinski definition) is 4. The summed E-state index contributed by atoms with van der Waals surface area (Å²) >= 11 is 0. The smallest absolute Gasteiger partial charge is 0.216 e. The molecule has 0 aliphatic heterocycles. The molecule has 0 aromatic carbocycles. The van der Waals surface area contributed by atoms with Crippen LogP contribution in [0.5, 0.6) is 0 Å². The molecule has 0 radical (unpaired) electrons. The zero-order valence-corrected chi connectivity index (χ0v) is 12.2. The van der Waals surface area contributed by atoms with Crippen molar-refractivity contribution < 1.29 is 8.42 Å². The lowest BCUT2D eigenvalue weighted by Crippen LogP contribution is -2.40. The van der Waals surface area contributed by atoms with E-state index in [0.717, 1.165) is 18.5 Å². The van der Waals surface area contributed by atoms with Gasteiger partial charge in [-0.25, -0.2) is 13.1 Å². The van der Waals surface area contributed by atoms with Gasteiger partial charge in [-0.05, 0) is 38.8 Å². The van der Waals surface area contributed by atoms with Gasteiger partial charge in [-0.1, -0.05) is 6.07 Å². The van der Waals surface area contributed by atoms with Crippen molar-refractivity contribution in [2.75, 3.05) is 6.54 Å². The van der Waals surface area contributed by atoms with Crippen molar-refractivity contribution in [1.29, 1.82) is 0 Å². The van der Waals surface area contributed by atoms with Crippen LogP contribution in [-0.4, -0.2) is 31.2 Å². The van der Waals surface area contributed by atoms with E-state index in [1.807, 2.05) is 18.2 Å². The standard InChI is InChI=1S/C13H21N3O2S/c1-10(9-15-12-6-7-12)19(17,18)16-11(2)13-5-3-4-8-14-13/h3-5,8,10-12,15-16H,6-7,9H2,1-2H3. The van der Waals surface area contributed by atoms with E-state index in [1.54, 1.807) is 20.0 Å². The number of nitrogens with zero attached hydrogens (tertiary/aromatic N) is 1. The van der Waals surface area contributed by atoms with Gasteiger partial charge in [0.15, 0.2) is 0 Å². The molecule has 2 rings (SSSR count). The van der Waals surface area contributed by atoms with Crippen LogP contribution in [0.25, 0.3) is 0 Å². The van der Waals surface area contributed by atoms with Crippen molar-refractivity contribution in [3.63, 3.8) is 0 Å². The predicted octanol–water partition coefficient (Wildman–Crippen LogP) is 1.20. The molecule has 1 saturated carbocycles. The van der Waals surface area contributed by atoms with E-state index in [9.17, 15) is 8.42 Å². The molecule has 2 atom stereocenters. The molecule has 1 aromatic heterocycles. The van der Waals surface area contributed by atoms with Crippen LogP contribution >= 0.6 is 0 Å². The second-order valence-corrected chi connectivity index (χ2v) is 7.26. The molecule has 5 nitrogen and oxygen atoms in total. The van der Waals surface area contributed by atoms with Crippen LogP contribution in [0.1, 0.15) is 38.4 Å². The van der Waals surface area contributed by atoms with E-state index in [-0.39, 0.29) is 6.04 Å². The first-order chi connectivity index (χ1) is 8.99. The number of sulfonamides is 1. The van der Waals surface area contributed by atoms with Crippen LogP contribution in [0.2, 0.25) is 0 Å². The average molecular weight is 283 g/mol. The van der Waals surface area contributed by atoms with Crippen molar-refractivity contribution in [1.82, 2.24) is 15.0 Å². The van der Waals surface area contributed by atoms with Crippen molar-refractivity contribution in [3.05, 3.63) is 30.1 Å². The van der Waals surface area contributed by atoms with Gasteiger partial charge in [0.05, 0.1) is 17.0 Å². The molecular weight excluding hydrogens is 262 g/mol. The molecule has 1 aliphatic rings. The van der Waals surface area contributed by atoms with E-state index in [1.165, 1.54) is 0 Å². The number of rotatable bonds is 7. The molecule has 1 heterocycles. The highest BCUT2D eigenvalue weighted by Crippen LogP contribution is 2.19. The highest BCUT2D eigenvalue weighted by molar-refractivity contribution is 7.90. The second-order valence-electron chi connectivity index (χ2n) is 5.13. The van der Waals surface area contributed by atoms with Gasteiger partial charge in [0.25, 0.3) is 0 Å². The Labute approximate surface area is 114 Å². The Morgan fingerprint density at radius 2 is 2.11 bits per heavy atom. The summed E-state index contributed by atoms with van der Waals surface area (Å²) in [6.07, 6.45) is 3.98. The van der Waals surface area contributed by atoms with Gasteiger partial charge >= 0.3 is 0 Å². The number of pyridine rings is 1. The van der Waals surface area contributed by atoms with Crippen molar-refractivity contribution in [2.24, 2.45) is 0 Å². The lowest BCUT2D eigenvalue weighted by molar-refractivity contribution is 0.542. The van der Waals surface area contributed by atoms with Gasteiger partial charge in [-0.3, -0.25) is 4.98 Å². The zero-order valence-electron chi connectivity index (χ0n) is 11.3. The summed E-state index contributed by atoms with van der Waals surface area (Å²) in [5.41, 5.74) is 0.730. The summed E-state index contributed by atoms with van der Waals surface area (Å²) in [4.78, 5) is 4.16. The number of nitrogens with one attached hydrogen (secondary N) is 2. The largest absolute Gasteiger partial charge is 0.313 e. The molecule has 19 heavy (non-hydrogen) atoms. The molecule has 0 amide bonds. The predicted molar refractivity (Wildman–Crippen MR) is 75.2 cm³/mol. The monoisotopic (exact) mass is 283 g/mol. The summed E-state index contributed by atoms with van der Waals surface area (Å²) in [6, 6.07) is 5.69. The molecule has 6 heteroatoms. The molecule has 0 spiro atoms. The fourth-order valence-electron chi connectivity index (χ4n) is 1.78. The third-order valence-corrected chi connectivity index (χ3v) is 5.18. The van der Waals surface area contributed by atoms with Gasteiger partial charge in [-0.2, -0.15) is 0 Å². The van der Waals surface area contributed by atoms with Crippen molar-refractivity contribution >= 4 is 10.0 Å². The SMILES string of the molecule is CC(NS(=O)(=O)C(C)CNC1CC1)c1ccccn1. The van der Waals surface area contributed by atoms with Crippen LogP contribution < -0.4 is 10.0 Å². The van der Waals surface area contributed by atoms with Gasteiger partial charge < -0.3 is 5.32 Å². The minimum atomic E-state index is -3.33. The first-order valence-electron chi connectivity index (χ1n) is 6.64. The number of hydrogen-bond donors (Lipinski definition) is 2. The van der Waals surface area contributed by atoms with Gasteiger partial charge in [-0.15, -0.1) is 0 Å². The minimum Gasteiger partial charge on any atom is -0.313 e. The quantitative estimate of drug-likeness (QED) is 0.789. The number of aromatic nitrogens is 1. The summed E-state index contributed by atoms with van der Waals surface area (Å²) in [7, 11) is -3.33. The Kier molecular flexibility index (Phi) is 4.54. The van der Waals surface area contributed by atoms with Crippen LogP contribution in [0.4, 0.5) is 0 Å². The summed E-state index contributed by atoms with van der Waals surface area (Å²) in [5.74, 6) is 0. The lowest BCUT2D eigenvalue weighted by Gasteiger charge is -2.18. The van der Waals surface area contributed by atoms with E-state index in [4.69, 9.17) is 0 Å². The molecule has 1 aromatic rings. The molecule has 0 bridgehead atoms. The Bertz CT molecular complexity index is 500. The summed E-state index contributed by atoms with van der Waals surface area (Å²) < 4.78 is 27.0. The molecule has 2 N–H and O–H groups in total. The second kappa shape index (κ2) is 5.98. The van der Waals surface area contributed by atoms with E-state index in [2.05, 4.69) is 15.0 Å². The minimum absolute atomic E-state index is 0.311. The first kappa shape index (κ1) is 14.4. The molecule has 2 unspecified atom stereocenters. The maximum atomic E-state index is 12.2. The fourth-order valence-corrected chi connectivity index (χ4v) is 2.95. The molecule has 1 fully saturated rings. The summed E-state index contributed by atoms with van der Waals surface area (Å²) in [6.45, 7) is 4.03. The zero-order chi connectivity index (χ0) is 13.9. The van der Waals surface area contributed by atoms with Gasteiger partial charge in [0.1, 0.15) is 0 Å². The lowest BCUT2D eigenvalue weighted by atomic mass is 10.2. The fraction of sp³-hybridized carbons (Fsp3) is 0.615. The van der Waals surface area contributed by atoms with Crippen LogP contribution in [0, 0.1) is 0 Å². The molecular formula is C13H21N3O2S. The molecule has 1 aliphatic carbocycles. The van der Waals surface area contributed by atoms with Gasteiger partial charge in [0.2, 0.25) is 10.0 Å².